The fraction of sp³-hybridized carbons (Fsp3) is 0.308. The molecule has 0 fully saturated rings. The standard InChI is InChI=1S/C13H16FNO/c1-4-13(15-16)10(3)8-11-5-6-12(14)9(2)7-11/h5-8,16H,4H2,1-3H3. The summed E-state index contributed by atoms with van der Waals surface area (Å²) in [5.41, 5.74) is 3.05. The molecule has 0 aliphatic heterocycles. The fourth-order valence-electron chi connectivity index (χ4n) is 1.52. The number of hydrogen-bond acceptors (Lipinski definition) is 2. The number of benzene rings is 1. The van der Waals surface area contributed by atoms with Gasteiger partial charge in [-0.15, -0.1) is 0 Å². The van der Waals surface area contributed by atoms with Crippen LogP contribution in [0.3, 0.4) is 0 Å². The molecule has 1 aromatic rings. The zero-order valence-corrected chi connectivity index (χ0v) is 9.79. The minimum Gasteiger partial charge on any atom is -0.411 e. The van der Waals surface area contributed by atoms with Crippen LogP contribution in [0.4, 0.5) is 4.39 Å². The van der Waals surface area contributed by atoms with E-state index in [4.69, 9.17) is 5.21 Å². The summed E-state index contributed by atoms with van der Waals surface area (Å²) in [6.07, 6.45) is 2.55. The van der Waals surface area contributed by atoms with Gasteiger partial charge in [0.15, 0.2) is 0 Å². The highest BCUT2D eigenvalue weighted by Crippen LogP contribution is 2.13. The zero-order valence-electron chi connectivity index (χ0n) is 9.79. The van der Waals surface area contributed by atoms with Crippen LogP contribution < -0.4 is 0 Å². The van der Waals surface area contributed by atoms with E-state index < -0.39 is 0 Å². The van der Waals surface area contributed by atoms with Crippen molar-refractivity contribution in [2.45, 2.75) is 27.2 Å². The van der Waals surface area contributed by atoms with Crippen LogP contribution in [0.2, 0.25) is 0 Å². The number of nitrogens with zero attached hydrogens (tertiary/aromatic N) is 1. The lowest BCUT2D eigenvalue weighted by Gasteiger charge is -2.03. The van der Waals surface area contributed by atoms with E-state index in [9.17, 15) is 4.39 Å². The third kappa shape index (κ3) is 2.92. The van der Waals surface area contributed by atoms with Gasteiger partial charge >= 0.3 is 0 Å². The van der Waals surface area contributed by atoms with Gasteiger partial charge in [-0.2, -0.15) is 0 Å². The predicted octanol–water partition coefficient (Wildman–Crippen LogP) is 3.78. The minimum absolute atomic E-state index is 0.207. The molecule has 0 spiro atoms. The number of allylic oxidation sites excluding steroid dienone is 1. The van der Waals surface area contributed by atoms with Gasteiger partial charge in [0, 0.05) is 0 Å². The molecule has 86 valence electrons. The quantitative estimate of drug-likeness (QED) is 0.470. The highest BCUT2D eigenvalue weighted by atomic mass is 19.1. The van der Waals surface area contributed by atoms with Crippen LogP contribution in [0, 0.1) is 12.7 Å². The van der Waals surface area contributed by atoms with Gasteiger partial charge in [-0.25, -0.2) is 4.39 Å². The van der Waals surface area contributed by atoms with Crippen molar-refractivity contribution in [1.82, 2.24) is 0 Å². The molecular weight excluding hydrogens is 205 g/mol. The second-order valence-corrected chi connectivity index (χ2v) is 3.74. The molecule has 0 saturated carbocycles. The molecule has 3 heteroatoms. The Morgan fingerprint density at radius 3 is 2.69 bits per heavy atom. The molecule has 0 unspecified atom stereocenters. The SMILES string of the molecule is CCC(=NO)C(C)=Cc1ccc(F)c(C)c1. The third-order valence-corrected chi connectivity index (χ3v) is 2.48. The summed E-state index contributed by atoms with van der Waals surface area (Å²) < 4.78 is 13.0. The molecule has 0 aromatic heterocycles. The van der Waals surface area contributed by atoms with Gasteiger partial charge in [-0.3, -0.25) is 0 Å². The van der Waals surface area contributed by atoms with Gasteiger partial charge in [0.25, 0.3) is 0 Å². The maximum Gasteiger partial charge on any atom is 0.126 e. The Morgan fingerprint density at radius 1 is 1.50 bits per heavy atom. The van der Waals surface area contributed by atoms with E-state index >= 15 is 0 Å². The minimum atomic E-state index is -0.207. The molecule has 0 atom stereocenters. The third-order valence-electron chi connectivity index (χ3n) is 2.48. The van der Waals surface area contributed by atoms with Crippen molar-refractivity contribution in [2.75, 3.05) is 0 Å². The molecule has 2 nitrogen and oxygen atoms in total. The maximum absolute atomic E-state index is 13.0. The molecule has 0 aliphatic carbocycles. The average Bonchev–Trinajstić information content (AvgIpc) is 2.25. The lowest BCUT2D eigenvalue weighted by Crippen LogP contribution is -1.97. The summed E-state index contributed by atoms with van der Waals surface area (Å²) >= 11 is 0. The maximum atomic E-state index is 13.0. The first-order valence-corrected chi connectivity index (χ1v) is 5.24. The topological polar surface area (TPSA) is 32.6 Å². The van der Waals surface area contributed by atoms with Crippen LogP contribution in [0.1, 0.15) is 31.4 Å². The Bertz CT molecular complexity index is 436. The molecule has 16 heavy (non-hydrogen) atoms. The summed E-state index contributed by atoms with van der Waals surface area (Å²) in [6.45, 7) is 5.52. The molecule has 0 radical (unpaired) electrons. The first kappa shape index (κ1) is 12.4. The van der Waals surface area contributed by atoms with E-state index in [1.807, 2.05) is 19.9 Å². The summed E-state index contributed by atoms with van der Waals surface area (Å²) in [7, 11) is 0. The fourth-order valence-corrected chi connectivity index (χ4v) is 1.52. The highest BCUT2D eigenvalue weighted by molar-refractivity contribution is 6.02. The Balaban J connectivity index is 3.03. The lowest BCUT2D eigenvalue weighted by molar-refractivity contribution is 0.318. The molecule has 0 heterocycles. The number of oxime groups is 1. The van der Waals surface area contributed by atoms with Gasteiger partial charge in [-0.1, -0.05) is 24.2 Å². The van der Waals surface area contributed by atoms with E-state index in [-0.39, 0.29) is 5.82 Å². The molecular formula is C13H16FNO. The normalized spacial score (nSPS) is 13.0. The van der Waals surface area contributed by atoms with Gasteiger partial charge in [0.1, 0.15) is 5.82 Å². The molecule has 0 amide bonds. The molecule has 1 N–H and O–H groups in total. The van der Waals surface area contributed by atoms with E-state index in [0.29, 0.717) is 17.7 Å². The van der Waals surface area contributed by atoms with E-state index in [0.717, 1.165) is 11.1 Å². The van der Waals surface area contributed by atoms with Crippen LogP contribution >= 0.6 is 0 Å². The molecule has 0 aliphatic rings. The van der Waals surface area contributed by atoms with Gasteiger partial charge in [-0.05, 0) is 49.1 Å². The summed E-state index contributed by atoms with van der Waals surface area (Å²) in [5, 5.41) is 12.0. The van der Waals surface area contributed by atoms with Crippen LogP contribution in [-0.4, -0.2) is 10.9 Å². The summed E-state index contributed by atoms with van der Waals surface area (Å²) in [6, 6.07) is 4.91. The molecule has 0 saturated heterocycles. The number of halogens is 1. The first-order valence-electron chi connectivity index (χ1n) is 5.24. The monoisotopic (exact) mass is 221 g/mol. The van der Waals surface area contributed by atoms with E-state index in [1.165, 1.54) is 6.07 Å². The van der Waals surface area contributed by atoms with Gasteiger partial charge in [0.2, 0.25) is 0 Å². The average molecular weight is 221 g/mol. The highest BCUT2D eigenvalue weighted by Gasteiger charge is 2.01. The van der Waals surface area contributed by atoms with Crippen molar-refractivity contribution in [2.24, 2.45) is 5.16 Å². The molecule has 1 aromatic carbocycles. The van der Waals surface area contributed by atoms with Crippen molar-refractivity contribution < 1.29 is 9.60 Å². The second kappa shape index (κ2) is 5.45. The largest absolute Gasteiger partial charge is 0.411 e. The Morgan fingerprint density at radius 2 is 2.19 bits per heavy atom. The van der Waals surface area contributed by atoms with Crippen molar-refractivity contribution in [1.29, 1.82) is 0 Å². The van der Waals surface area contributed by atoms with Crippen LogP contribution in [0.5, 0.6) is 0 Å². The molecule has 1 rings (SSSR count). The molecule has 0 bridgehead atoms. The summed E-state index contributed by atoms with van der Waals surface area (Å²) in [4.78, 5) is 0. The number of hydrogen-bond donors (Lipinski definition) is 1. The Kier molecular flexibility index (Phi) is 4.23. The zero-order chi connectivity index (χ0) is 12.1. The number of aryl methyl sites for hydroxylation is 1. The number of rotatable bonds is 3. The first-order chi connectivity index (χ1) is 7.58. The Hall–Kier alpha value is -1.64. The summed E-state index contributed by atoms with van der Waals surface area (Å²) in [5.74, 6) is -0.207. The second-order valence-electron chi connectivity index (χ2n) is 3.74. The van der Waals surface area contributed by atoms with Gasteiger partial charge in [0.05, 0.1) is 5.71 Å². The van der Waals surface area contributed by atoms with E-state index in [2.05, 4.69) is 5.16 Å². The smallest absolute Gasteiger partial charge is 0.126 e. The van der Waals surface area contributed by atoms with Crippen LogP contribution in [0.15, 0.2) is 28.9 Å². The van der Waals surface area contributed by atoms with Crippen molar-refractivity contribution >= 4 is 11.8 Å². The van der Waals surface area contributed by atoms with Crippen molar-refractivity contribution in [3.8, 4) is 0 Å². The van der Waals surface area contributed by atoms with E-state index in [1.54, 1.807) is 19.1 Å². The predicted molar refractivity (Wildman–Crippen MR) is 64.3 cm³/mol. The lowest BCUT2D eigenvalue weighted by atomic mass is 10.0. The van der Waals surface area contributed by atoms with Crippen LogP contribution in [0.25, 0.3) is 6.08 Å². The Labute approximate surface area is 95.1 Å². The van der Waals surface area contributed by atoms with Gasteiger partial charge < -0.3 is 5.21 Å². The van der Waals surface area contributed by atoms with Crippen molar-refractivity contribution in [3.05, 3.63) is 40.7 Å². The van der Waals surface area contributed by atoms with Crippen molar-refractivity contribution in [3.63, 3.8) is 0 Å². The van der Waals surface area contributed by atoms with Crippen LogP contribution in [-0.2, 0) is 0 Å².